The minimum Gasteiger partial charge on any atom is -0.355 e. The zero-order valence-electron chi connectivity index (χ0n) is 17.5. The van der Waals surface area contributed by atoms with E-state index in [4.69, 9.17) is 0 Å². The maximum absolute atomic E-state index is 12.9. The number of hydrogen-bond acceptors (Lipinski definition) is 3. The lowest BCUT2D eigenvalue weighted by Crippen LogP contribution is -2.56. The molecule has 2 amide bonds. The van der Waals surface area contributed by atoms with Gasteiger partial charge in [-0.1, -0.05) is 73.5 Å². The largest absolute Gasteiger partial charge is 0.355 e. The van der Waals surface area contributed by atoms with Crippen LogP contribution in [0.25, 0.3) is 0 Å². The monoisotopic (exact) mass is 405 g/mol. The molecule has 1 aliphatic heterocycles. The van der Waals surface area contributed by atoms with E-state index in [2.05, 4.69) is 51.9 Å². The van der Waals surface area contributed by atoms with Gasteiger partial charge in [0, 0.05) is 31.6 Å². The molecule has 2 aliphatic rings. The van der Waals surface area contributed by atoms with Crippen molar-refractivity contribution in [3.8, 4) is 0 Å². The number of carbonyl (C=O) groups excluding carboxylic acids is 2. The molecule has 30 heavy (non-hydrogen) atoms. The average Bonchev–Trinajstić information content (AvgIpc) is 3.26. The minimum absolute atomic E-state index is 0.0233. The molecule has 1 aliphatic carbocycles. The molecule has 0 radical (unpaired) electrons. The number of benzene rings is 2. The minimum atomic E-state index is -0.421. The third-order valence-corrected chi connectivity index (χ3v) is 6.62. The lowest BCUT2D eigenvalue weighted by atomic mass is 9.79. The molecule has 1 saturated heterocycles. The molecule has 158 valence electrons. The van der Waals surface area contributed by atoms with Crippen LogP contribution in [0.3, 0.4) is 0 Å². The molecule has 1 saturated carbocycles. The van der Waals surface area contributed by atoms with E-state index >= 15 is 0 Å². The van der Waals surface area contributed by atoms with Gasteiger partial charge in [-0.15, -0.1) is 0 Å². The first-order valence-electron chi connectivity index (χ1n) is 11.0. The summed E-state index contributed by atoms with van der Waals surface area (Å²) in [5.41, 5.74) is 2.49. The Morgan fingerprint density at radius 2 is 1.70 bits per heavy atom. The highest BCUT2D eigenvalue weighted by atomic mass is 16.2. The Morgan fingerprint density at radius 3 is 2.40 bits per heavy atom. The molecule has 2 aromatic carbocycles. The smallest absolute Gasteiger partial charge is 0.237 e. The SMILES string of the molecule is O=C(C[C@@H]1C(=O)NCCN1Cc1ccccc1)NCC1(c2ccccc2)CCCC1. The quantitative estimate of drug-likeness (QED) is 0.744. The van der Waals surface area contributed by atoms with Crippen molar-refractivity contribution in [2.45, 2.75) is 50.1 Å². The van der Waals surface area contributed by atoms with E-state index in [0.717, 1.165) is 24.9 Å². The van der Waals surface area contributed by atoms with E-state index in [-0.39, 0.29) is 23.7 Å². The average molecular weight is 406 g/mol. The maximum Gasteiger partial charge on any atom is 0.237 e. The fraction of sp³-hybridized carbons (Fsp3) is 0.440. The van der Waals surface area contributed by atoms with Gasteiger partial charge in [0.2, 0.25) is 11.8 Å². The van der Waals surface area contributed by atoms with Gasteiger partial charge in [0.25, 0.3) is 0 Å². The van der Waals surface area contributed by atoms with Crippen molar-refractivity contribution in [2.75, 3.05) is 19.6 Å². The molecule has 2 aromatic rings. The second-order valence-electron chi connectivity index (χ2n) is 8.60. The van der Waals surface area contributed by atoms with Crippen LogP contribution in [0.5, 0.6) is 0 Å². The number of piperazine rings is 1. The highest BCUT2D eigenvalue weighted by molar-refractivity contribution is 5.88. The Labute approximate surface area is 178 Å². The lowest BCUT2D eigenvalue weighted by Gasteiger charge is -2.35. The van der Waals surface area contributed by atoms with Crippen LogP contribution in [0.4, 0.5) is 0 Å². The molecular weight excluding hydrogens is 374 g/mol. The van der Waals surface area contributed by atoms with Crippen LogP contribution in [0.1, 0.15) is 43.2 Å². The zero-order valence-corrected chi connectivity index (χ0v) is 17.5. The van der Waals surface area contributed by atoms with Crippen LogP contribution >= 0.6 is 0 Å². The Hall–Kier alpha value is -2.66. The van der Waals surface area contributed by atoms with Crippen molar-refractivity contribution < 1.29 is 9.59 Å². The van der Waals surface area contributed by atoms with E-state index in [1.54, 1.807) is 0 Å². The highest BCUT2D eigenvalue weighted by Crippen LogP contribution is 2.40. The number of nitrogens with zero attached hydrogens (tertiary/aromatic N) is 1. The molecule has 1 atom stereocenters. The summed E-state index contributed by atoms with van der Waals surface area (Å²) in [5, 5.41) is 6.09. The normalized spacial score (nSPS) is 21.2. The van der Waals surface area contributed by atoms with Crippen LogP contribution < -0.4 is 10.6 Å². The van der Waals surface area contributed by atoms with Crippen molar-refractivity contribution in [3.63, 3.8) is 0 Å². The van der Waals surface area contributed by atoms with Crippen LogP contribution in [-0.4, -0.2) is 42.4 Å². The summed E-state index contributed by atoms with van der Waals surface area (Å²) in [4.78, 5) is 27.5. The van der Waals surface area contributed by atoms with Gasteiger partial charge in [-0.05, 0) is 24.0 Å². The van der Waals surface area contributed by atoms with Gasteiger partial charge in [0.05, 0.1) is 12.5 Å². The topological polar surface area (TPSA) is 61.4 Å². The lowest BCUT2D eigenvalue weighted by molar-refractivity contribution is -0.134. The number of hydrogen-bond donors (Lipinski definition) is 2. The number of amides is 2. The van der Waals surface area contributed by atoms with Crippen LogP contribution in [0, 0.1) is 0 Å². The predicted molar refractivity (Wildman–Crippen MR) is 118 cm³/mol. The molecule has 1 heterocycles. The Balaban J connectivity index is 1.39. The van der Waals surface area contributed by atoms with E-state index in [9.17, 15) is 9.59 Å². The Bertz CT molecular complexity index is 847. The molecule has 5 heteroatoms. The molecule has 0 aromatic heterocycles. The van der Waals surface area contributed by atoms with Gasteiger partial charge in [0.15, 0.2) is 0 Å². The highest BCUT2D eigenvalue weighted by Gasteiger charge is 2.37. The number of nitrogens with one attached hydrogen (secondary N) is 2. The van der Waals surface area contributed by atoms with Gasteiger partial charge in [-0.3, -0.25) is 14.5 Å². The molecule has 2 N–H and O–H groups in total. The molecular formula is C25H31N3O2. The first-order valence-corrected chi connectivity index (χ1v) is 11.0. The second-order valence-corrected chi connectivity index (χ2v) is 8.60. The van der Waals surface area contributed by atoms with Crippen LogP contribution in [0.15, 0.2) is 60.7 Å². The van der Waals surface area contributed by atoms with E-state index in [1.807, 2.05) is 24.3 Å². The molecule has 4 rings (SSSR count). The van der Waals surface area contributed by atoms with Crippen molar-refractivity contribution >= 4 is 11.8 Å². The number of rotatable bonds is 7. The van der Waals surface area contributed by atoms with E-state index < -0.39 is 6.04 Å². The number of carbonyl (C=O) groups is 2. The summed E-state index contributed by atoms with van der Waals surface area (Å²) in [7, 11) is 0. The third kappa shape index (κ3) is 4.73. The van der Waals surface area contributed by atoms with E-state index in [1.165, 1.54) is 18.4 Å². The van der Waals surface area contributed by atoms with E-state index in [0.29, 0.717) is 19.6 Å². The summed E-state index contributed by atoms with van der Waals surface area (Å²) < 4.78 is 0. The summed E-state index contributed by atoms with van der Waals surface area (Å²) in [5.74, 6) is -0.0942. The van der Waals surface area contributed by atoms with Crippen LogP contribution in [-0.2, 0) is 21.5 Å². The van der Waals surface area contributed by atoms with Crippen molar-refractivity contribution in [2.24, 2.45) is 0 Å². The predicted octanol–water partition coefficient (Wildman–Crippen LogP) is 3.01. The van der Waals surface area contributed by atoms with Gasteiger partial charge in [-0.25, -0.2) is 0 Å². The van der Waals surface area contributed by atoms with Crippen molar-refractivity contribution in [3.05, 3.63) is 71.8 Å². The van der Waals surface area contributed by atoms with Crippen molar-refractivity contribution in [1.82, 2.24) is 15.5 Å². The van der Waals surface area contributed by atoms with Crippen molar-refractivity contribution in [1.29, 1.82) is 0 Å². The maximum atomic E-state index is 12.9. The molecule has 5 nitrogen and oxygen atoms in total. The molecule has 2 fully saturated rings. The second kappa shape index (κ2) is 9.43. The van der Waals surface area contributed by atoms with Gasteiger partial charge in [0.1, 0.15) is 0 Å². The third-order valence-electron chi connectivity index (χ3n) is 6.62. The Kier molecular flexibility index (Phi) is 6.48. The van der Waals surface area contributed by atoms with Gasteiger partial charge in [-0.2, -0.15) is 0 Å². The standard InChI is InChI=1S/C25H31N3O2/c29-23(27-19-25(13-7-8-14-25)21-11-5-2-6-12-21)17-22-24(30)26-15-16-28(22)18-20-9-3-1-4-10-20/h1-6,9-12,22H,7-8,13-19H2,(H,26,30)(H,27,29)/t22-/m1/s1. The summed E-state index contributed by atoms with van der Waals surface area (Å²) in [6, 6.07) is 20.2. The fourth-order valence-electron chi connectivity index (χ4n) is 4.92. The van der Waals surface area contributed by atoms with Crippen LogP contribution in [0.2, 0.25) is 0 Å². The summed E-state index contributed by atoms with van der Waals surface area (Å²) in [6.45, 7) is 2.70. The van der Waals surface area contributed by atoms with Gasteiger partial charge >= 0.3 is 0 Å². The molecule has 0 bridgehead atoms. The summed E-state index contributed by atoms with van der Waals surface area (Å²) >= 11 is 0. The zero-order chi connectivity index (χ0) is 20.8. The van der Waals surface area contributed by atoms with Gasteiger partial charge < -0.3 is 10.6 Å². The molecule has 0 unspecified atom stereocenters. The Morgan fingerprint density at radius 1 is 1.03 bits per heavy atom. The summed E-state index contributed by atoms with van der Waals surface area (Å²) in [6.07, 6.45) is 4.79. The fourth-order valence-corrected chi connectivity index (χ4v) is 4.92. The first-order chi connectivity index (χ1) is 14.7. The first kappa shape index (κ1) is 20.6. The molecule has 0 spiro atoms.